The maximum Gasteiger partial charge on any atom is 0.228 e. The van der Waals surface area contributed by atoms with Crippen LogP contribution in [0, 0.1) is 0 Å². The van der Waals surface area contributed by atoms with Crippen molar-refractivity contribution in [1.82, 2.24) is 15.5 Å². The molecule has 1 heterocycles. The van der Waals surface area contributed by atoms with Crippen molar-refractivity contribution in [2.45, 2.75) is 45.6 Å². The van der Waals surface area contributed by atoms with Crippen LogP contribution in [0.15, 0.2) is 28.8 Å². The first-order chi connectivity index (χ1) is 10.2. The Morgan fingerprint density at radius 2 is 2.19 bits per heavy atom. The predicted molar refractivity (Wildman–Crippen MR) is 84.6 cm³/mol. The normalized spacial score (nSPS) is 12.5. The van der Waals surface area contributed by atoms with Crippen LogP contribution in [-0.4, -0.2) is 22.7 Å². The van der Waals surface area contributed by atoms with E-state index >= 15 is 0 Å². The molecule has 21 heavy (non-hydrogen) atoms. The fourth-order valence-corrected chi connectivity index (χ4v) is 2.41. The maximum absolute atomic E-state index is 5.98. The molecule has 0 aliphatic heterocycles. The molecule has 1 atom stereocenters. The van der Waals surface area contributed by atoms with Crippen molar-refractivity contribution >= 4 is 11.6 Å². The summed E-state index contributed by atoms with van der Waals surface area (Å²) < 4.78 is 5.35. The summed E-state index contributed by atoms with van der Waals surface area (Å²) in [5, 5.41) is 8.27. The molecule has 1 N–H and O–H groups in total. The molecule has 2 rings (SSSR count). The Kier molecular flexibility index (Phi) is 6.21. The topological polar surface area (TPSA) is 51.0 Å². The fourth-order valence-electron chi connectivity index (χ4n) is 2.19. The molecular formula is C16H22ClN3O. The average molecular weight is 308 g/mol. The van der Waals surface area contributed by atoms with Gasteiger partial charge in [0, 0.05) is 23.9 Å². The second-order valence-electron chi connectivity index (χ2n) is 5.17. The molecule has 0 saturated carbocycles. The summed E-state index contributed by atoms with van der Waals surface area (Å²) in [6, 6.07) is 8.12. The third-order valence-corrected chi connectivity index (χ3v) is 3.59. The highest BCUT2D eigenvalue weighted by atomic mass is 35.5. The van der Waals surface area contributed by atoms with Crippen LogP contribution in [0.3, 0.4) is 0 Å². The van der Waals surface area contributed by atoms with Gasteiger partial charge in [-0.05, 0) is 37.1 Å². The summed E-state index contributed by atoms with van der Waals surface area (Å²) in [6.45, 7) is 5.34. The molecule has 0 spiro atoms. The van der Waals surface area contributed by atoms with E-state index in [0.29, 0.717) is 24.2 Å². The van der Waals surface area contributed by atoms with Crippen LogP contribution in [0.4, 0.5) is 0 Å². The van der Waals surface area contributed by atoms with E-state index < -0.39 is 0 Å². The minimum atomic E-state index is 0.393. The number of aromatic nitrogens is 2. The number of hydrogen-bond donors (Lipinski definition) is 1. The molecule has 1 aromatic heterocycles. The van der Waals surface area contributed by atoms with Crippen molar-refractivity contribution in [3.8, 4) is 0 Å². The Morgan fingerprint density at radius 3 is 2.90 bits per heavy atom. The zero-order chi connectivity index (χ0) is 15.1. The fraction of sp³-hybridized carbons (Fsp3) is 0.500. The van der Waals surface area contributed by atoms with E-state index in [1.807, 2.05) is 24.3 Å². The summed E-state index contributed by atoms with van der Waals surface area (Å²) in [7, 11) is 0. The summed E-state index contributed by atoms with van der Waals surface area (Å²) in [4.78, 5) is 4.47. The monoisotopic (exact) mass is 307 g/mol. The second-order valence-corrected chi connectivity index (χ2v) is 5.61. The first-order valence-corrected chi connectivity index (χ1v) is 7.88. The average Bonchev–Trinajstić information content (AvgIpc) is 2.90. The first kappa shape index (κ1) is 16.0. The lowest BCUT2D eigenvalue weighted by Gasteiger charge is -2.13. The van der Waals surface area contributed by atoms with E-state index in [0.717, 1.165) is 36.4 Å². The van der Waals surface area contributed by atoms with Gasteiger partial charge in [0.1, 0.15) is 0 Å². The highest BCUT2D eigenvalue weighted by Crippen LogP contribution is 2.14. The van der Waals surface area contributed by atoms with Gasteiger partial charge in [-0.2, -0.15) is 4.98 Å². The maximum atomic E-state index is 5.98. The number of benzene rings is 1. The number of rotatable bonds is 8. The van der Waals surface area contributed by atoms with E-state index in [-0.39, 0.29) is 0 Å². The lowest BCUT2D eigenvalue weighted by molar-refractivity contribution is 0.350. The molecule has 0 fully saturated rings. The minimum Gasteiger partial charge on any atom is -0.339 e. The molecule has 2 aromatic rings. The summed E-state index contributed by atoms with van der Waals surface area (Å²) in [5.74, 6) is 1.40. The molecule has 114 valence electrons. The SMILES string of the molecule is CCCNC(CC)Cc1nc(Cc2cccc(Cl)c2)no1. The van der Waals surface area contributed by atoms with Crippen LogP contribution < -0.4 is 5.32 Å². The van der Waals surface area contributed by atoms with Crippen molar-refractivity contribution in [2.24, 2.45) is 0 Å². The standard InChI is InChI=1S/C16H22ClN3O/c1-3-8-18-14(4-2)11-16-19-15(20-21-16)10-12-6-5-7-13(17)9-12/h5-7,9,14,18H,3-4,8,10-11H2,1-2H3. The first-order valence-electron chi connectivity index (χ1n) is 7.50. The molecule has 1 aromatic carbocycles. The van der Waals surface area contributed by atoms with E-state index in [1.54, 1.807) is 0 Å². The van der Waals surface area contributed by atoms with Gasteiger partial charge in [0.05, 0.1) is 0 Å². The van der Waals surface area contributed by atoms with E-state index in [4.69, 9.17) is 16.1 Å². The van der Waals surface area contributed by atoms with E-state index in [1.165, 1.54) is 0 Å². The Labute approximate surface area is 130 Å². The van der Waals surface area contributed by atoms with Crippen LogP contribution in [0.5, 0.6) is 0 Å². The molecular weight excluding hydrogens is 286 g/mol. The smallest absolute Gasteiger partial charge is 0.228 e. The Balaban J connectivity index is 1.94. The van der Waals surface area contributed by atoms with Crippen LogP contribution in [0.25, 0.3) is 0 Å². The Morgan fingerprint density at radius 1 is 1.33 bits per heavy atom. The lowest BCUT2D eigenvalue weighted by atomic mass is 10.1. The highest BCUT2D eigenvalue weighted by molar-refractivity contribution is 6.30. The summed E-state index contributed by atoms with van der Waals surface area (Å²) in [6.07, 6.45) is 3.59. The molecule has 0 aliphatic rings. The van der Waals surface area contributed by atoms with Gasteiger partial charge in [-0.25, -0.2) is 0 Å². The van der Waals surface area contributed by atoms with Crippen molar-refractivity contribution in [2.75, 3.05) is 6.54 Å². The van der Waals surface area contributed by atoms with Crippen molar-refractivity contribution in [1.29, 1.82) is 0 Å². The van der Waals surface area contributed by atoms with E-state index in [9.17, 15) is 0 Å². The van der Waals surface area contributed by atoms with Crippen molar-refractivity contribution in [3.05, 3.63) is 46.6 Å². The van der Waals surface area contributed by atoms with Gasteiger partial charge in [-0.1, -0.05) is 42.7 Å². The van der Waals surface area contributed by atoms with Crippen LogP contribution in [0.1, 0.15) is 44.0 Å². The summed E-state index contributed by atoms with van der Waals surface area (Å²) >= 11 is 5.98. The molecule has 0 aliphatic carbocycles. The van der Waals surface area contributed by atoms with Gasteiger partial charge in [-0.15, -0.1) is 0 Å². The molecule has 4 nitrogen and oxygen atoms in total. The number of hydrogen-bond acceptors (Lipinski definition) is 4. The van der Waals surface area contributed by atoms with Gasteiger partial charge in [0.25, 0.3) is 0 Å². The van der Waals surface area contributed by atoms with Gasteiger partial charge in [0.2, 0.25) is 5.89 Å². The van der Waals surface area contributed by atoms with E-state index in [2.05, 4.69) is 29.3 Å². The Bertz CT molecular complexity index is 556. The largest absolute Gasteiger partial charge is 0.339 e. The second kappa shape index (κ2) is 8.15. The quantitative estimate of drug-likeness (QED) is 0.809. The van der Waals surface area contributed by atoms with Crippen LogP contribution in [0.2, 0.25) is 5.02 Å². The number of halogens is 1. The van der Waals surface area contributed by atoms with Crippen LogP contribution in [-0.2, 0) is 12.8 Å². The molecule has 0 radical (unpaired) electrons. The molecule has 1 unspecified atom stereocenters. The van der Waals surface area contributed by atoms with Gasteiger partial charge in [-0.3, -0.25) is 0 Å². The minimum absolute atomic E-state index is 0.393. The zero-order valence-electron chi connectivity index (χ0n) is 12.6. The summed E-state index contributed by atoms with van der Waals surface area (Å²) in [5.41, 5.74) is 1.09. The van der Waals surface area contributed by atoms with Crippen molar-refractivity contribution in [3.63, 3.8) is 0 Å². The molecule has 0 saturated heterocycles. The van der Waals surface area contributed by atoms with Gasteiger partial charge in [0.15, 0.2) is 5.82 Å². The third-order valence-electron chi connectivity index (χ3n) is 3.36. The molecule has 0 amide bonds. The third kappa shape index (κ3) is 5.14. The lowest BCUT2D eigenvalue weighted by Crippen LogP contribution is -2.31. The van der Waals surface area contributed by atoms with Crippen molar-refractivity contribution < 1.29 is 4.52 Å². The van der Waals surface area contributed by atoms with Gasteiger partial charge >= 0.3 is 0 Å². The highest BCUT2D eigenvalue weighted by Gasteiger charge is 2.13. The number of nitrogens with zero attached hydrogens (tertiary/aromatic N) is 2. The Hall–Kier alpha value is -1.39. The predicted octanol–water partition coefficient (Wildman–Crippen LogP) is 3.63. The molecule has 5 heteroatoms. The van der Waals surface area contributed by atoms with Gasteiger partial charge < -0.3 is 9.84 Å². The van der Waals surface area contributed by atoms with Crippen LogP contribution >= 0.6 is 11.6 Å². The number of nitrogens with one attached hydrogen (secondary N) is 1. The zero-order valence-corrected chi connectivity index (χ0v) is 13.4. The molecule has 0 bridgehead atoms.